The summed E-state index contributed by atoms with van der Waals surface area (Å²) in [7, 11) is -3.56. The van der Waals surface area contributed by atoms with Gasteiger partial charge in [0.25, 0.3) is 0 Å². The molecule has 0 aliphatic heterocycles. The van der Waals surface area contributed by atoms with Crippen LogP contribution in [-0.2, 0) is 21.2 Å². The van der Waals surface area contributed by atoms with Crippen LogP contribution in [0.1, 0.15) is 5.56 Å². The number of hydrogen-bond donors (Lipinski definition) is 1. The average Bonchev–Trinajstić information content (AvgIpc) is 2.53. The fourth-order valence-corrected chi connectivity index (χ4v) is 3.09. The van der Waals surface area contributed by atoms with Gasteiger partial charge in [-0.2, -0.15) is 0 Å². The van der Waals surface area contributed by atoms with Crippen molar-refractivity contribution in [3.63, 3.8) is 0 Å². The zero-order valence-corrected chi connectivity index (χ0v) is 13.7. The lowest BCUT2D eigenvalue weighted by molar-refractivity contribution is 0.364. The van der Waals surface area contributed by atoms with Crippen LogP contribution in [0.5, 0.6) is 5.75 Å². The van der Waals surface area contributed by atoms with Gasteiger partial charge >= 0.3 is 0 Å². The molecule has 2 aromatic rings. The van der Waals surface area contributed by atoms with Crippen LogP contribution in [0.3, 0.4) is 0 Å². The molecule has 0 aliphatic carbocycles. The lowest BCUT2D eigenvalue weighted by Gasteiger charge is -2.08. The maximum atomic E-state index is 12.1. The Balaban J connectivity index is 1.93. The third-order valence-corrected chi connectivity index (χ3v) is 4.75. The van der Waals surface area contributed by atoms with Crippen LogP contribution in [0.4, 0.5) is 0 Å². The van der Waals surface area contributed by atoms with E-state index in [1.165, 1.54) is 24.3 Å². The Morgan fingerprint density at radius 3 is 2.57 bits per heavy atom. The fraction of sp³-hybridized carbons (Fsp3) is 0.188. The van der Waals surface area contributed by atoms with Crippen molar-refractivity contribution in [1.29, 1.82) is 0 Å². The highest BCUT2D eigenvalue weighted by molar-refractivity contribution is 7.89. The zero-order valence-electron chi connectivity index (χ0n) is 12.2. The van der Waals surface area contributed by atoms with Crippen molar-refractivity contribution in [2.45, 2.75) is 11.3 Å². The van der Waals surface area contributed by atoms with E-state index in [-0.39, 0.29) is 18.0 Å². The van der Waals surface area contributed by atoms with Gasteiger partial charge in [0, 0.05) is 11.6 Å². The third kappa shape index (κ3) is 5.35. The third-order valence-electron chi connectivity index (χ3n) is 3.03. The van der Waals surface area contributed by atoms with Crippen LogP contribution in [0.25, 0.3) is 0 Å². The van der Waals surface area contributed by atoms with Gasteiger partial charge in [-0.15, -0.1) is 0 Å². The molecule has 0 aromatic heterocycles. The first kappa shape index (κ1) is 17.5. The monoisotopic (exact) mass is 352 g/mol. The maximum absolute atomic E-state index is 12.1. The summed E-state index contributed by atoms with van der Waals surface area (Å²) in [4.78, 5) is 10.3. The number of benzene rings is 2. The molecule has 0 bridgehead atoms. The molecule has 0 saturated carbocycles. The molecule has 2 aromatic carbocycles. The smallest absolute Gasteiger partial charge is 0.240 e. The molecule has 5 nitrogen and oxygen atoms in total. The van der Waals surface area contributed by atoms with Crippen LogP contribution in [0.15, 0.2) is 53.4 Å². The van der Waals surface area contributed by atoms with E-state index in [2.05, 4.69) is 4.72 Å². The van der Waals surface area contributed by atoms with Crippen LogP contribution >= 0.6 is 11.6 Å². The molecule has 0 atom stereocenters. The quantitative estimate of drug-likeness (QED) is 0.791. The molecule has 0 heterocycles. The molecule has 1 radical (unpaired) electrons. The van der Waals surface area contributed by atoms with Crippen molar-refractivity contribution in [1.82, 2.24) is 4.72 Å². The Morgan fingerprint density at radius 2 is 1.87 bits per heavy atom. The van der Waals surface area contributed by atoms with Crippen LogP contribution < -0.4 is 9.46 Å². The lowest BCUT2D eigenvalue weighted by atomic mass is 10.1. The van der Waals surface area contributed by atoms with Gasteiger partial charge in [0.05, 0.1) is 4.90 Å². The van der Waals surface area contributed by atoms with E-state index in [4.69, 9.17) is 16.3 Å². The van der Waals surface area contributed by atoms with E-state index >= 15 is 0 Å². The molecule has 121 valence electrons. The summed E-state index contributed by atoms with van der Waals surface area (Å²) in [6.07, 6.45) is 2.14. The minimum absolute atomic E-state index is 0.132. The SMILES string of the molecule is O=[C]COc1cccc(CCNS(=O)(=O)c2ccc(Cl)cc2)c1. The van der Waals surface area contributed by atoms with Gasteiger partial charge in [0.2, 0.25) is 16.3 Å². The molecule has 0 fully saturated rings. The first-order chi connectivity index (χ1) is 11.0. The Bertz CT molecular complexity index is 760. The van der Waals surface area contributed by atoms with Gasteiger partial charge < -0.3 is 4.74 Å². The molecule has 0 saturated heterocycles. The van der Waals surface area contributed by atoms with Crippen molar-refractivity contribution < 1.29 is 17.9 Å². The van der Waals surface area contributed by atoms with E-state index in [0.29, 0.717) is 17.2 Å². The summed E-state index contributed by atoms with van der Waals surface area (Å²) in [5.41, 5.74) is 0.896. The second-order valence-corrected chi connectivity index (χ2v) is 6.89. The number of hydrogen-bond acceptors (Lipinski definition) is 4. The zero-order chi connectivity index (χ0) is 16.7. The Morgan fingerprint density at radius 1 is 1.13 bits per heavy atom. The van der Waals surface area contributed by atoms with Gasteiger partial charge in [-0.05, 0) is 48.4 Å². The van der Waals surface area contributed by atoms with Crippen molar-refractivity contribution in [3.05, 3.63) is 59.1 Å². The number of carbonyl (C=O) groups excluding carboxylic acids is 1. The highest BCUT2D eigenvalue weighted by Crippen LogP contribution is 2.15. The first-order valence-corrected chi connectivity index (χ1v) is 8.69. The van der Waals surface area contributed by atoms with E-state index < -0.39 is 10.0 Å². The molecule has 0 aliphatic rings. The highest BCUT2D eigenvalue weighted by atomic mass is 35.5. The van der Waals surface area contributed by atoms with E-state index in [1.807, 2.05) is 6.07 Å². The Labute approximate surface area is 140 Å². The summed E-state index contributed by atoms with van der Waals surface area (Å²) < 4.78 is 31.9. The van der Waals surface area contributed by atoms with E-state index in [9.17, 15) is 13.2 Å². The predicted molar refractivity (Wildman–Crippen MR) is 88.0 cm³/mol. The number of ether oxygens (including phenoxy) is 1. The minimum Gasteiger partial charge on any atom is -0.485 e. The van der Waals surface area contributed by atoms with E-state index in [0.717, 1.165) is 5.56 Å². The molecular formula is C16H15ClNO4S. The molecule has 7 heteroatoms. The van der Waals surface area contributed by atoms with Gasteiger partial charge in [0.15, 0.2) is 6.61 Å². The molecule has 0 spiro atoms. The largest absolute Gasteiger partial charge is 0.485 e. The van der Waals surface area contributed by atoms with Crippen LogP contribution in [0.2, 0.25) is 5.02 Å². The molecular weight excluding hydrogens is 338 g/mol. The normalized spacial score (nSPS) is 11.2. The molecule has 23 heavy (non-hydrogen) atoms. The molecule has 2 rings (SSSR count). The number of halogens is 1. The van der Waals surface area contributed by atoms with Crippen molar-refractivity contribution in [2.24, 2.45) is 0 Å². The molecule has 0 amide bonds. The summed E-state index contributed by atoms with van der Waals surface area (Å²) in [6, 6.07) is 13.1. The van der Waals surface area contributed by atoms with Gasteiger partial charge in [-0.1, -0.05) is 23.7 Å². The lowest BCUT2D eigenvalue weighted by Crippen LogP contribution is -2.25. The number of rotatable bonds is 8. The van der Waals surface area contributed by atoms with Crippen molar-refractivity contribution >= 4 is 27.9 Å². The Kier molecular flexibility index (Phi) is 6.15. The van der Waals surface area contributed by atoms with Crippen LogP contribution in [0, 0.1) is 0 Å². The second-order valence-electron chi connectivity index (χ2n) is 4.68. The van der Waals surface area contributed by atoms with Crippen molar-refractivity contribution in [3.8, 4) is 5.75 Å². The summed E-state index contributed by atoms with van der Waals surface area (Å²) in [6.45, 7) is 0.112. The fourth-order valence-electron chi connectivity index (χ4n) is 1.93. The Hall–Kier alpha value is -1.89. The van der Waals surface area contributed by atoms with Gasteiger partial charge in [-0.25, -0.2) is 13.1 Å². The maximum Gasteiger partial charge on any atom is 0.240 e. The average molecular weight is 353 g/mol. The summed E-state index contributed by atoms with van der Waals surface area (Å²) in [5, 5.41) is 0.480. The summed E-state index contributed by atoms with van der Waals surface area (Å²) >= 11 is 5.75. The molecule has 1 N–H and O–H groups in total. The molecule has 0 unspecified atom stereocenters. The summed E-state index contributed by atoms with van der Waals surface area (Å²) in [5.74, 6) is 0.548. The number of nitrogens with one attached hydrogen (secondary N) is 1. The van der Waals surface area contributed by atoms with Gasteiger partial charge in [0.1, 0.15) is 5.75 Å². The van der Waals surface area contributed by atoms with Gasteiger partial charge in [-0.3, -0.25) is 4.79 Å². The van der Waals surface area contributed by atoms with Crippen LogP contribution in [-0.4, -0.2) is 27.9 Å². The highest BCUT2D eigenvalue weighted by Gasteiger charge is 2.12. The van der Waals surface area contributed by atoms with Crippen molar-refractivity contribution in [2.75, 3.05) is 13.2 Å². The standard InChI is InChI=1S/C16H15ClNO4S/c17-14-4-6-16(7-5-14)23(20,21)18-9-8-13-2-1-3-15(12-13)22-11-10-19/h1-7,12,18H,8-9,11H2. The predicted octanol–water partition coefficient (Wildman–Crippen LogP) is 2.35. The number of sulfonamides is 1. The topological polar surface area (TPSA) is 72.5 Å². The van der Waals surface area contributed by atoms with E-state index in [1.54, 1.807) is 24.5 Å². The minimum atomic E-state index is -3.56. The second kappa shape index (κ2) is 8.10. The first-order valence-electron chi connectivity index (χ1n) is 6.83.